The quantitative estimate of drug-likeness (QED) is 0.170. The van der Waals surface area contributed by atoms with Crippen LogP contribution in [0.15, 0.2) is 211 Å². The fourth-order valence-corrected chi connectivity index (χ4v) is 9.17. The van der Waals surface area contributed by atoms with E-state index >= 15 is 0 Å². The lowest BCUT2D eigenvalue weighted by Gasteiger charge is -2.29. The molecule has 0 saturated carbocycles. The Labute approximate surface area is 326 Å². The van der Waals surface area contributed by atoms with Gasteiger partial charge >= 0.3 is 0 Å². The van der Waals surface area contributed by atoms with Crippen LogP contribution in [-0.2, 0) is 5.41 Å². The molecule has 0 fully saturated rings. The Kier molecular flexibility index (Phi) is 7.33. The molecule has 0 spiro atoms. The fourth-order valence-electron chi connectivity index (χ4n) is 9.17. The Morgan fingerprint density at radius 2 is 0.911 bits per heavy atom. The summed E-state index contributed by atoms with van der Waals surface area (Å²) in [6, 6.07) is 74.7. The molecule has 0 aliphatic heterocycles. The summed E-state index contributed by atoms with van der Waals surface area (Å²) >= 11 is 0. The monoisotopic (exact) mass is 715 g/mol. The van der Waals surface area contributed by atoms with Crippen molar-refractivity contribution in [2.45, 2.75) is 12.3 Å². The molecule has 0 saturated heterocycles. The summed E-state index contributed by atoms with van der Waals surface area (Å²) < 4.78 is 6.66. The molecule has 1 aliphatic carbocycles. The van der Waals surface area contributed by atoms with Crippen LogP contribution in [0.4, 0.5) is 17.1 Å². The average molecular weight is 716 g/mol. The first-order chi connectivity index (χ1) is 27.6. The molecule has 11 rings (SSSR count). The van der Waals surface area contributed by atoms with Crippen molar-refractivity contribution in [1.29, 1.82) is 0 Å². The van der Waals surface area contributed by atoms with Crippen LogP contribution in [0, 0.1) is 0 Å². The smallest absolute Gasteiger partial charge is 0.135 e. The molecule has 1 aromatic heterocycles. The molecule has 1 aliphatic rings. The Hall–Kier alpha value is -7.16. The van der Waals surface area contributed by atoms with Crippen LogP contribution >= 0.6 is 0 Å². The van der Waals surface area contributed by atoms with Gasteiger partial charge in [-0.1, -0.05) is 152 Å². The van der Waals surface area contributed by atoms with E-state index in [-0.39, 0.29) is 5.41 Å². The number of furan rings is 1. The minimum absolute atomic E-state index is 0.356. The Bertz CT molecular complexity index is 3040. The van der Waals surface area contributed by atoms with Crippen LogP contribution in [0.2, 0.25) is 0 Å². The molecule has 0 bridgehead atoms. The summed E-state index contributed by atoms with van der Waals surface area (Å²) in [6.45, 7) is 2.38. The van der Waals surface area contributed by atoms with Gasteiger partial charge in [-0.05, 0) is 122 Å². The van der Waals surface area contributed by atoms with Gasteiger partial charge in [-0.2, -0.15) is 0 Å². The first-order valence-corrected chi connectivity index (χ1v) is 19.3. The number of rotatable bonds is 6. The van der Waals surface area contributed by atoms with Gasteiger partial charge in [0.25, 0.3) is 0 Å². The minimum Gasteiger partial charge on any atom is -0.456 e. The van der Waals surface area contributed by atoms with Crippen LogP contribution in [0.5, 0.6) is 0 Å². The lowest BCUT2D eigenvalue weighted by Crippen LogP contribution is -2.22. The minimum atomic E-state index is -0.356. The highest BCUT2D eigenvalue weighted by Gasteiger charge is 2.42. The van der Waals surface area contributed by atoms with E-state index in [4.69, 9.17) is 4.42 Å². The SMILES string of the molecule is CC1(c2cccc3oc4ccc(N(c5ccc(-c6ccccc6)cc5)c5ccc(-c6ccc7ccccc7c6)cc5)cc4c23)c2ccccc2-c2ccccc21. The Morgan fingerprint density at radius 3 is 1.61 bits per heavy atom. The lowest BCUT2D eigenvalue weighted by molar-refractivity contribution is 0.666. The molecule has 1 heterocycles. The first-order valence-electron chi connectivity index (χ1n) is 19.3. The van der Waals surface area contributed by atoms with Crippen LogP contribution in [0.1, 0.15) is 23.6 Å². The molecule has 56 heavy (non-hydrogen) atoms. The lowest BCUT2D eigenvalue weighted by atomic mass is 9.73. The van der Waals surface area contributed by atoms with E-state index in [2.05, 4.69) is 218 Å². The summed E-state index contributed by atoms with van der Waals surface area (Å²) in [4.78, 5) is 2.36. The van der Waals surface area contributed by atoms with Crippen molar-refractivity contribution < 1.29 is 4.42 Å². The number of nitrogens with zero attached hydrogens (tertiary/aromatic N) is 1. The van der Waals surface area contributed by atoms with Crippen LogP contribution in [0.25, 0.3) is 66.1 Å². The molecular formula is C54H37NO. The molecule has 0 atom stereocenters. The second kappa shape index (κ2) is 12.7. The topological polar surface area (TPSA) is 16.4 Å². The van der Waals surface area contributed by atoms with E-state index in [9.17, 15) is 0 Å². The molecule has 10 aromatic rings. The van der Waals surface area contributed by atoms with Gasteiger partial charge in [-0.15, -0.1) is 0 Å². The standard InChI is InChI=1S/C54H37NO/c1-54(48-18-9-7-16-45(48)46-17-8-10-19-49(46)54)50-20-11-21-52-53(50)47-35-44(32-33-51(47)56-52)55(42-28-24-38(25-29-42)36-12-3-2-4-13-36)43-30-26-39(27-31-43)41-23-22-37-14-5-6-15-40(37)34-41/h2-35H,1H3. The van der Waals surface area contributed by atoms with Gasteiger partial charge in [0, 0.05) is 33.2 Å². The fraction of sp³-hybridized carbons (Fsp3) is 0.0370. The van der Waals surface area contributed by atoms with E-state index in [1.807, 2.05) is 0 Å². The largest absolute Gasteiger partial charge is 0.456 e. The molecule has 0 N–H and O–H groups in total. The summed E-state index contributed by atoms with van der Waals surface area (Å²) in [7, 11) is 0. The van der Waals surface area contributed by atoms with E-state index in [0.29, 0.717) is 0 Å². The highest BCUT2D eigenvalue weighted by Crippen LogP contribution is 2.54. The van der Waals surface area contributed by atoms with Crippen molar-refractivity contribution in [3.8, 4) is 33.4 Å². The zero-order valence-corrected chi connectivity index (χ0v) is 31.0. The van der Waals surface area contributed by atoms with Gasteiger partial charge in [0.05, 0.1) is 0 Å². The summed E-state index contributed by atoms with van der Waals surface area (Å²) in [5.74, 6) is 0. The third kappa shape index (κ3) is 5.03. The summed E-state index contributed by atoms with van der Waals surface area (Å²) in [6.07, 6.45) is 0. The third-order valence-electron chi connectivity index (χ3n) is 11.9. The molecule has 0 amide bonds. The molecule has 264 valence electrons. The second-order valence-corrected chi connectivity index (χ2v) is 15.0. The number of anilines is 3. The summed E-state index contributed by atoms with van der Waals surface area (Å²) in [5.41, 5.74) is 15.9. The Balaban J connectivity index is 1.08. The van der Waals surface area contributed by atoms with Gasteiger partial charge in [-0.25, -0.2) is 0 Å². The highest BCUT2D eigenvalue weighted by atomic mass is 16.3. The zero-order chi connectivity index (χ0) is 37.2. The van der Waals surface area contributed by atoms with Crippen LogP contribution in [-0.4, -0.2) is 0 Å². The highest BCUT2D eigenvalue weighted by molar-refractivity contribution is 6.10. The second-order valence-electron chi connectivity index (χ2n) is 15.0. The predicted octanol–water partition coefficient (Wildman–Crippen LogP) is 14.9. The number of benzene rings is 9. The van der Waals surface area contributed by atoms with Crippen molar-refractivity contribution in [2.75, 3.05) is 4.90 Å². The number of fused-ring (bicyclic) bond motifs is 7. The zero-order valence-electron chi connectivity index (χ0n) is 31.0. The summed E-state index contributed by atoms with van der Waals surface area (Å²) in [5, 5.41) is 4.76. The van der Waals surface area contributed by atoms with E-state index < -0.39 is 0 Å². The maximum Gasteiger partial charge on any atom is 0.135 e. The van der Waals surface area contributed by atoms with Gasteiger partial charge in [0.15, 0.2) is 0 Å². The van der Waals surface area contributed by atoms with Crippen molar-refractivity contribution >= 4 is 49.8 Å². The van der Waals surface area contributed by atoms with Crippen LogP contribution in [0.3, 0.4) is 0 Å². The number of hydrogen-bond donors (Lipinski definition) is 0. The average Bonchev–Trinajstić information content (AvgIpc) is 3.77. The molecule has 0 radical (unpaired) electrons. The molecule has 0 unspecified atom stereocenters. The molecule has 2 nitrogen and oxygen atoms in total. The van der Waals surface area contributed by atoms with Gasteiger partial charge in [-0.3, -0.25) is 0 Å². The third-order valence-corrected chi connectivity index (χ3v) is 11.9. The van der Waals surface area contributed by atoms with E-state index in [1.165, 1.54) is 60.8 Å². The van der Waals surface area contributed by atoms with Crippen molar-refractivity contribution in [1.82, 2.24) is 0 Å². The Morgan fingerprint density at radius 1 is 0.375 bits per heavy atom. The molecular weight excluding hydrogens is 679 g/mol. The van der Waals surface area contributed by atoms with Crippen LogP contribution < -0.4 is 4.90 Å². The van der Waals surface area contributed by atoms with Crippen molar-refractivity contribution in [3.05, 3.63) is 223 Å². The predicted molar refractivity (Wildman–Crippen MR) is 234 cm³/mol. The van der Waals surface area contributed by atoms with Crippen molar-refractivity contribution in [3.63, 3.8) is 0 Å². The van der Waals surface area contributed by atoms with Crippen molar-refractivity contribution in [2.24, 2.45) is 0 Å². The number of hydrogen-bond acceptors (Lipinski definition) is 2. The maximum absolute atomic E-state index is 6.66. The van der Waals surface area contributed by atoms with Gasteiger partial charge in [0.1, 0.15) is 11.2 Å². The van der Waals surface area contributed by atoms with Gasteiger partial charge in [0.2, 0.25) is 0 Å². The molecule has 9 aromatic carbocycles. The van der Waals surface area contributed by atoms with E-state index in [1.54, 1.807) is 0 Å². The maximum atomic E-state index is 6.66. The van der Waals surface area contributed by atoms with Gasteiger partial charge < -0.3 is 9.32 Å². The normalized spacial score (nSPS) is 12.9. The first kappa shape index (κ1) is 32.3. The van der Waals surface area contributed by atoms with E-state index in [0.717, 1.165) is 39.0 Å². The molecule has 2 heteroatoms.